The molecule has 126 valence electrons. The van der Waals surface area contributed by atoms with E-state index in [-0.39, 0.29) is 24.1 Å². The molecule has 1 aromatic heterocycles. The fraction of sp³-hybridized carbons (Fsp3) is 0.389. The van der Waals surface area contributed by atoms with Crippen molar-refractivity contribution in [1.29, 1.82) is 0 Å². The second-order valence-corrected chi connectivity index (χ2v) is 6.33. The number of carbonyl (C=O) groups is 1. The maximum absolute atomic E-state index is 12.3. The number of nitrogens with one attached hydrogen (secondary N) is 1. The summed E-state index contributed by atoms with van der Waals surface area (Å²) in [5.74, 6) is 0.809. The molecular weight excluding hydrogens is 304 g/mol. The van der Waals surface area contributed by atoms with E-state index in [4.69, 9.17) is 0 Å². The number of benzene rings is 1. The van der Waals surface area contributed by atoms with Gasteiger partial charge in [0, 0.05) is 25.9 Å². The maximum atomic E-state index is 12.3. The number of amides is 1. The highest BCUT2D eigenvalue weighted by atomic mass is 16.3. The van der Waals surface area contributed by atoms with Gasteiger partial charge in [0.1, 0.15) is 5.75 Å². The van der Waals surface area contributed by atoms with E-state index in [0.717, 1.165) is 36.1 Å². The first-order valence-corrected chi connectivity index (χ1v) is 8.13. The summed E-state index contributed by atoms with van der Waals surface area (Å²) >= 11 is 0. The van der Waals surface area contributed by atoms with Crippen LogP contribution in [0.2, 0.25) is 0 Å². The molecule has 1 aromatic carbocycles. The number of aromatic hydroxyl groups is 1. The number of phenolic OH excluding ortho intramolecular Hbond substituents is 1. The first-order valence-electron chi connectivity index (χ1n) is 8.13. The summed E-state index contributed by atoms with van der Waals surface area (Å²) in [7, 11) is 3.83. The van der Waals surface area contributed by atoms with Gasteiger partial charge in [-0.3, -0.25) is 4.79 Å². The summed E-state index contributed by atoms with van der Waals surface area (Å²) < 4.78 is 0. The SMILES string of the molecule is CN(C)c1ncc2c(n1)CCC[C@H]2NC(=O)Cc1cccc(O)c1. The highest BCUT2D eigenvalue weighted by Gasteiger charge is 2.24. The Labute approximate surface area is 141 Å². The van der Waals surface area contributed by atoms with Crippen LogP contribution in [0.3, 0.4) is 0 Å². The van der Waals surface area contributed by atoms with Crippen molar-refractivity contribution < 1.29 is 9.90 Å². The van der Waals surface area contributed by atoms with Crippen LogP contribution in [-0.4, -0.2) is 35.1 Å². The largest absolute Gasteiger partial charge is 0.508 e. The standard InChI is InChI=1S/C18H22N4O2/c1-22(2)18-19-11-14-15(7-4-8-16(14)21-18)20-17(24)10-12-5-3-6-13(23)9-12/h3,5-6,9,11,15,23H,4,7-8,10H2,1-2H3,(H,20,24)/t15-/m1/s1. The molecule has 6 heteroatoms. The average molecular weight is 326 g/mol. The average Bonchev–Trinajstić information content (AvgIpc) is 2.54. The third-order valence-corrected chi connectivity index (χ3v) is 4.18. The fourth-order valence-corrected chi connectivity index (χ4v) is 3.00. The molecule has 1 heterocycles. The number of hydrogen-bond donors (Lipinski definition) is 2. The number of phenols is 1. The van der Waals surface area contributed by atoms with Crippen molar-refractivity contribution in [3.05, 3.63) is 47.3 Å². The summed E-state index contributed by atoms with van der Waals surface area (Å²) in [6.07, 6.45) is 4.88. The minimum Gasteiger partial charge on any atom is -0.508 e. The summed E-state index contributed by atoms with van der Waals surface area (Å²) in [5, 5.41) is 12.6. The molecule has 0 spiro atoms. The van der Waals surface area contributed by atoms with Gasteiger partial charge in [-0.05, 0) is 37.0 Å². The van der Waals surface area contributed by atoms with Crippen molar-refractivity contribution in [1.82, 2.24) is 15.3 Å². The highest BCUT2D eigenvalue weighted by molar-refractivity contribution is 5.79. The van der Waals surface area contributed by atoms with Gasteiger partial charge < -0.3 is 15.3 Å². The zero-order valence-electron chi connectivity index (χ0n) is 14.0. The predicted molar refractivity (Wildman–Crippen MR) is 92.0 cm³/mol. The Morgan fingerprint density at radius 2 is 2.25 bits per heavy atom. The fourth-order valence-electron chi connectivity index (χ4n) is 3.00. The Kier molecular flexibility index (Phi) is 4.64. The molecule has 0 bridgehead atoms. The van der Waals surface area contributed by atoms with Gasteiger partial charge in [0.05, 0.1) is 18.2 Å². The van der Waals surface area contributed by atoms with Gasteiger partial charge in [-0.25, -0.2) is 9.97 Å². The normalized spacial score (nSPS) is 16.3. The van der Waals surface area contributed by atoms with Gasteiger partial charge in [-0.1, -0.05) is 12.1 Å². The van der Waals surface area contributed by atoms with Crippen LogP contribution in [0, 0.1) is 0 Å². The van der Waals surface area contributed by atoms with Gasteiger partial charge in [-0.15, -0.1) is 0 Å². The summed E-state index contributed by atoms with van der Waals surface area (Å²) in [5.41, 5.74) is 2.82. The molecule has 2 N–H and O–H groups in total. The number of carbonyl (C=O) groups excluding carboxylic acids is 1. The van der Waals surface area contributed by atoms with E-state index in [0.29, 0.717) is 5.95 Å². The van der Waals surface area contributed by atoms with Gasteiger partial charge >= 0.3 is 0 Å². The Bertz CT molecular complexity index is 746. The minimum atomic E-state index is -0.0601. The third kappa shape index (κ3) is 3.64. The monoisotopic (exact) mass is 326 g/mol. The van der Waals surface area contributed by atoms with E-state index in [1.807, 2.05) is 31.3 Å². The second kappa shape index (κ2) is 6.86. The van der Waals surface area contributed by atoms with E-state index >= 15 is 0 Å². The van der Waals surface area contributed by atoms with Crippen LogP contribution in [0.4, 0.5) is 5.95 Å². The molecule has 0 saturated carbocycles. The zero-order chi connectivity index (χ0) is 17.1. The number of anilines is 1. The first-order chi connectivity index (χ1) is 11.5. The predicted octanol–water partition coefficient (Wildman–Crippen LogP) is 1.98. The molecule has 0 radical (unpaired) electrons. The zero-order valence-corrected chi connectivity index (χ0v) is 14.0. The lowest BCUT2D eigenvalue weighted by molar-refractivity contribution is -0.121. The summed E-state index contributed by atoms with van der Waals surface area (Å²) in [6.45, 7) is 0. The van der Waals surface area contributed by atoms with Crippen LogP contribution in [0.15, 0.2) is 30.5 Å². The maximum Gasteiger partial charge on any atom is 0.225 e. The van der Waals surface area contributed by atoms with Gasteiger partial charge in [-0.2, -0.15) is 0 Å². The second-order valence-electron chi connectivity index (χ2n) is 6.33. The van der Waals surface area contributed by atoms with Crippen LogP contribution in [0.5, 0.6) is 5.75 Å². The molecule has 24 heavy (non-hydrogen) atoms. The number of hydrogen-bond acceptors (Lipinski definition) is 5. The molecule has 1 aliphatic rings. The van der Waals surface area contributed by atoms with E-state index in [1.54, 1.807) is 18.2 Å². The Morgan fingerprint density at radius 1 is 1.42 bits per heavy atom. The number of aryl methyl sites for hydroxylation is 1. The highest BCUT2D eigenvalue weighted by Crippen LogP contribution is 2.29. The molecule has 0 saturated heterocycles. The topological polar surface area (TPSA) is 78.4 Å². The Hall–Kier alpha value is -2.63. The Morgan fingerprint density at radius 3 is 3.00 bits per heavy atom. The van der Waals surface area contributed by atoms with Crippen molar-refractivity contribution >= 4 is 11.9 Å². The van der Waals surface area contributed by atoms with Crippen molar-refractivity contribution in [2.45, 2.75) is 31.7 Å². The Balaban J connectivity index is 1.71. The van der Waals surface area contributed by atoms with Crippen molar-refractivity contribution in [2.24, 2.45) is 0 Å². The van der Waals surface area contributed by atoms with Crippen molar-refractivity contribution in [3.63, 3.8) is 0 Å². The molecule has 1 atom stereocenters. The quantitative estimate of drug-likeness (QED) is 0.898. The van der Waals surface area contributed by atoms with E-state index in [1.165, 1.54) is 0 Å². The molecule has 6 nitrogen and oxygen atoms in total. The van der Waals surface area contributed by atoms with Crippen LogP contribution >= 0.6 is 0 Å². The van der Waals surface area contributed by atoms with E-state index < -0.39 is 0 Å². The number of rotatable bonds is 4. The van der Waals surface area contributed by atoms with Crippen molar-refractivity contribution in [2.75, 3.05) is 19.0 Å². The van der Waals surface area contributed by atoms with E-state index in [9.17, 15) is 9.90 Å². The minimum absolute atomic E-state index is 0.0465. The molecule has 0 unspecified atom stereocenters. The number of aromatic nitrogens is 2. The molecule has 0 aliphatic heterocycles. The summed E-state index contributed by atoms with van der Waals surface area (Å²) in [4.78, 5) is 23.2. The van der Waals surface area contributed by atoms with Crippen LogP contribution in [0.1, 0.15) is 35.7 Å². The van der Waals surface area contributed by atoms with Crippen LogP contribution < -0.4 is 10.2 Å². The van der Waals surface area contributed by atoms with Gasteiger partial charge in [0.25, 0.3) is 0 Å². The molecule has 3 rings (SSSR count). The van der Waals surface area contributed by atoms with Crippen LogP contribution in [-0.2, 0) is 17.6 Å². The first kappa shape index (κ1) is 16.2. The smallest absolute Gasteiger partial charge is 0.225 e. The lowest BCUT2D eigenvalue weighted by Gasteiger charge is -2.26. The molecule has 2 aromatic rings. The van der Waals surface area contributed by atoms with E-state index in [2.05, 4.69) is 15.3 Å². The van der Waals surface area contributed by atoms with Crippen molar-refractivity contribution in [3.8, 4) is 5.75 Å². The number of nitrogens with zero attached hydrogens (tertiary/aromatic N) is 3. The van der Waals surface area contributed by atoms with Gasteiger partial charge in [0.15, 0.2) is 0 Å². The number of fused-ring (bicyclic) bond motifs is 1. The lowest BCUT2D eigenvalue weighted by Crippen LogP contribution is -2.32. The van der Waals surface area contributed by atoms with Crippen LogP contribution in [0.25, 0.3) is 0 Å². The van der Waals surface area contributed by atoms with Gasteiger partial charge in [0.2, 0.25) is 11.9 Å². The molecule has 0 fully saturated rings. The summed E-state index contributed by atoms with van der Waals surface area (Å²) in [6, 6.07) is 6.74. The molecule has 1 amide bonds. The molecule has 1 aliphatic carbocycles. The lowest BCUT2D eigenvalue weighted by atomic mass is 9.92. The third-order valence-electron chi connectivity index (χ3n) is 4.18. The molecular formula is C18H22N4O2.